The van der Waals surface area contributed by atoms with Crippen molar-refractivity contribution in [2.75, 3.05) is 0 Å². The lowest BCUT2D eigenvalue weighted by atomic mass is 10.0. The van der Waals surface area contributed by atoms with Crippen LogP contribution in [0.1, 0.15) is 35.7 Å². The van der Waals surface area contributed by atoms with Crippen LogP contribution < -0.4 is 16.4 Å². The van der Waals surface area contributed by atoms with E-state index in [4.69, 9.17) is 5.26 Å². The van der Waals surface area contributed by atoms with Crippen LogP contribution >= 0.6 is 0 Å². The highest BCUT2D eigenvalue weighted by Crippen LogP contribution is 2.43. The summed E-state index contributed by atoms with van der Waals surface area (Å²) >= 11 is 0. The first-order valence-corrected chi connectivity index (χ1v) is 7.92. The smallest absolute Gasteiger partial charge is 0.0991 e. The van der Waals surface area contributed by atoms with Crippen LogP contribution in [0, 0.1) is 18.3 Å². The molecule has 0 spiro atoms. The van der Waals surface area contributed by atoms with Crippen LogP contribution in [0.2, 0.25) is 0 Å². The van der Waals surface area contributed by atoms with E-state index < -0.39 is 0 Å². The lowest BCUT2D eigenvalue weighted by Crippen LogP contribution is -2.32. The number of hydrogen-bond donors (Lipinski definition) is 3. The number of nitrogens with one attached hydrogen (secondary N) is 3. The maximum atomic E-state index is 8.96. The number of allylic oxidation sites excluding steroid dienone is 1. The molecular weight excluding hydrogens is 286 g/mol. The molecule has 1 aliphatic heterocycles. The van der Waals surface area contributed by atoms with E-state index in [1.807, 2.05) is 30.5 Å². The maximum absolute atomic E-state index is 8.96. The normalized spacial score (nSPS) is 16.4. The Bertz CT molecular complexity index is 803. The molecule has 0 unspecified atom stereocenters. The van der Waals surface area contributed by atoms with Crippen molar-refractivity contribution in [1.82, 2.24) is 21.0 Å². The number of nitriles is 1. The van der Waals surface area contributed by atoms with Gasteiger partial charge in [0.1, 0.15) is 0 Å². The van der Waals surface area contributed by atoms with Crippen molar-refractivity contribution in [3.05, 3.63) is 59.2 Å². The molecule has 5 heteroatoms. The zero-order valence-corrected chi connectivity index (χ0v) is 13.1. The summed E-state index contributed by atoms with van der Waals surface area (Å²) in [7, 11) is 0. The van der Waals surface area contributed by atoms with Gasteiger partial charge in [-0.15, -0.1) is 0 Å². The Balaban J connectivity index is 1.73. The summed E-state index contributed by atoms with van der Waals surface area (Å²) in [4.78, 5) is 0. The summed E-state index contributed by atoms with van der Waals surface area (Å²) in [6.07, 6.45) is 4.51. The van der Waals surface area contributed by atoms with Gasteiger partial charge in [-0.25, -0.2) is 0 Å². The van der Waals surface area contributed by atoms with Gasteiger partial charge in [-0.1, -0.05) is 12.1 Å². The van der Waals surface area contributed by atoms with Gasteiger partial charge in [0.15, 0.2) is 0 Å². The van der Waals surface area contributed by atoms with Crippen molar-refractivity contribution in [3.8, 4) is 17.2 Å². The van der Waals surface area contributed by atoms with Gasteiger partial charge in [0.05, 0.1) is 23.9 Å². The molecule has 2 aliphatic rings. The van der Waals surface area contributed by atoms with Crippen LogP contribution in [0.25, 0.3) is 11.1 Å². The Hall–Kier alpha value is -2.71. The third-order valence-electron chi connectivity index (χ3n) is 4.59. The predicted molar refractivity (Wildman–Crippen MR) is 88.8 cm³/mol. The first-order chi connectivity index (χ1) is 11.3. The average molecular weight is 305 g/mol. The largest absolute Gasteiger partial charge is 0.342 e. The lowest BCUT2D eigenvalue weighted by molar-refractivity contribution is 0.572. The van der Waals surface area contributed by atoms with E-state index in [0.717, 1.165) is 12.2 Å². The molecule has 1 fully saturated rings. The quantitative estimate of drug-likeness (QED) is 0.812. The minimum atomic E-state index is 0.684. The van der Waals surface area contributed by atoms with E-state index in [-0.39, 0.29) is 0 Å². The predicted octanol–water partition coefficient (Wildman–Crippen LogP) is 2.67. The summed E-state index contributed by atoms with van der Waals surface area (Å²) in [6.45, 7) is 3.00. The van der Waals surface area contributed by atoms with Crippen LogP contribution in [0.5, 0.6) is 0 Å². The Morgan fingerprint density at radius 3 is 2.65 bits per heavy atom. The molecule has 0 amide bonds. The van der Waals surface area contributed by atoms with Crippen molar-refractivity contribution in [2.45, 2.75) is 32.2 Å². The number of benzene rings is 1. The second-order valence-electron chi connectivity index (χ2n) is 6.18. The van der Waals surface area contributed by atoms with Crippen molar-refractivity contribution in [1.29, 1.82) is 5.26 Å². The molecule has 2 heterocycles. The fourth-order valence-electron chi connectivity index (χ4n) is 3.14. The Morgan fingerprint density at radius 1 is 1.26 bits per heavy atom. The number of hydrazine groups is 2. The van der Waals surface area contributed by atoms with Gasteiger partial charge in [0.25, 0.3) is 0 Å². The first kappa shape index (κ1) is 13.9. The molecule has 1 aliphatic carbocycles. The van der Waals surface area contributed by atoms with Gasteiger partial charge >= 0.3 is 0 Å². The van der Waals surface area contributed by atoms with Gasteiger partial charge in [-0.2, -0.15) is 10.8 Å². The van der Waals surface area contributed by atoms with Crippen LogP contribution in [-0.4, -0.2) is 4.57 Å². The highest BCUT2D eigenvalue weighted by molar-refractivity contribution is 5.68. The second-order valence-corrected chi connectivity index (χ2v) is 6.18. The molecule has 23 heavy (non-hydrogen) atoms. The van der Waals surface area contributed by atoms with Crippen molar-refractivity contribution in [3.63, 3.8) is 0 Å². The summed E-state index contributed by atoms with van der Waals surface area (Å²) in [5, 5.41) is 8.96. The molecule has 1 saturated carbocycles. The van der Waals surface area contributed by atoms with Crippen LogP contribution in [0.15, 0.2) is 42.2 Å². The van der Waals surface area contributed by atoms with Crippen molar-refractivity contribution in [2.24, 2.45) is 0 Å². The van der Waals surface area contributed by atoms with Gasteiger partial charge in [0.2, 0.25) is 0 Å². The third-order valence-corrected chi connectivity index (χ3v) is 4.59. The van der Waals surface area contributed by atoms with E-state index in [0.29, 0.717) is 11.5 Å². The summed E-state index contributed by atoms with van der Waals surface area (Å²) in [5.74, 6) is 0.684. The van der Waals surface area contributed by atoms with E-state index in [1.54, 1.807) is 0 Å². The summed E-state index contributed by atoms with van der Waals surface area (Å²) < 4.78 is 2.40. The summed E-state index contributed by atoms with van der Waals surface area (Å²) in [6, 6.07) is 12.4. The SMILES string of the molecule is Cc1c(-c2ccc(C#N)cc2)cc(C2CC2)n1CC1=CNNN1. The Kier molecular flexibility index (Phi) is 3.32. The Labute approximate surface area is 135 Å². The fraction of sp³-hybridized carbons (Fsp3) is 0.278. The minimum absolute atomic E-state index is 0.684. The number of aromatic nitrogens is 1. The molecule has 116 valence electrons. The molecule has 0 bridgehead atoms. The molecule has 2 aromatic rings. The third kappa shape index (κ3) is 2.58. The highest BCUT2D eigenvalue weighted by atomic mass is 15.6. The molecule has 0 atom stereocenters. The van der Waals surface area contributed by atoms with Crippen molar-refractivity contribution >= 4 is 0 Å². The van der Waals surface area contributed by atoms with E-state index in [2.05, 4.69) is 40.0 Å². The maximum Gasteiger partial charge on any atom is 0.0991 e. The molecule has 1 aromatic heterocycles. The molecule has 0 radical (unpaired) electrons. The van der Waals surface area contributed by atoms with Gasteiger partial charge in [-0.05, 0) is 49.4 Å². The lowest BCUT2D eigenvalue weighted by Gasteiger charge is -2.12. The zero-order valence-electron chi connectivity index (χ0n) is 13.1. The molecule has 4 rings (SSSR count). The topological polar surface area (TPSA) is 64.8 Å². The van der Waals surface area contributed by atoms with E-state index >= 15 is 0 Å². The van der Waals surface area contributed by atoms with Crippen molar-refractivity contribution < 1.29 is 0 Å². The van der Waals surface area contributed by atoms with Gasteiger partial charge < -0.3 is 15.4 Å². The van der Waals surface area contributed by atoms with Gasteiger partial charge in [0, 0.05) is 23.2 Å². The summed E-state index contributed by atoms with van der Waals surface area (Å²) in [5.41, 5.74) is 15.9. The van der Waals surface area contributed by atoms with Crippen LogP contribution in [-0.2, 0) is 6.54 Å². The molecule has 5 nitrogen and oxygen atoms in total. The van der Waals surface area contributed by atoms with Crippen LogP contribution in [0.3, 0.4) is 0 Å². The van der Waals surface area contributed by atoms with E-state index in [1.165, 1.54) is 35.4 Å². The molecule has 1 aromatic carbocycles. The number of hydrogen-bond acceptors (Lipinski definition) is 4. The number of nitrogens with zero attached hydrogens (tertiary/aromatic N) is 2. The number of rotatable bonds is 4. The molecule has 3 N–H and O–H groups in total. The zero-order chi connectivity index (χ0) is 15.8. The standard InChI is InChI=1S/C18H19N5/c1-12-17(14-4-2-13(9-19)3-5-14)8-18(15-6-7-15)23(12)11-16-10-20-22-21-16/h2-5,8,10,15,20-22H,6-7,11H2,1H3. The minimum Gasteiger partial charge on any atom is -0.342 e. The fourth-order valence-corrected chi connectivity index (χ4v) is 3.14. The second kappa shape index (κ2) is 5.49. The molecular formula is C18H19N5. The Morgan fingerprint density at radius 2 is 2.04 bits per heavy atom. The van der Waals surface area contributed by atoms with E-state index in [9.17, 15) is 0 Å². The average Bonchev–Trinajstić information content (AvgIpc) is 3.20. The van der Waals surface area contributed by atoms with Crippen LogP contribution in [0.4, 0.5) is 0 Å². The molecule has 0 saturated heterocycles. The highest BCUT2D eigenvalue weighted by Gasteiger charge is 2.29. The van der Waals surface area contributed by atoms with Gasteiger partial charge in [-0.3, -0.25) is 0 Å². The first-order valence-electron chi connectivity index (χ1n) is 7.92. The monoisotopic (exact) mass is 305 g/mol.